The van der Waals surface area contributed by atoms with Gasteiger partial charge in [-0.25, -0.2) is 9.78 Å². The van der Waals surface area contributed by atoms with E-state index in [4.69, 9.17) is 9.47 Å². The third kappa shape index (κ3) is 6.23. The molecule has 1 unspecified atom stereocenters. The highest BCUT2D eigenvalue weighted by molar-refractivity contribution is 14.1. The van der Waals surface area contributed by atoms with E-state index >= 15 is 0 Å². The maximum atomic E-state index is 12.6. The highest BCUT2D eigenvalue weighted by Gasteiger charge is 2.36. The van der Waals surface area contributed by atoms with E-state index in [2.05, 4.69) is 51.8 Å². The van der Waals surface area contributed by atoms with Crippen LogP contribution in [0.2, 0.25) is 25.7 Å². The number of imidazole rings is 1. The zero-order chi connectivity index (χ0) is 19.5. The third-order valence-corrected chi connectivity index (χ3v) is 6.80. The first kappa shape index (κ1) is 21.7. The number of rotatable bonds is 6. The first-order valence-corrected chi connectivity index (χ1v) is 14.0. The van der Waals surface area contributed by atoms with Gasteiger partial charge in [0.2, 0.25) is 0 Å². The summed E-state index contributed by atoms with van der Waals surface area (Å²) in [4.78, 5) is 19.0. The first-order chi connectivity index (χ1) is 12.0. The molecule has 2 rings (SSSR count). The molecule has 0 spiro atoms. The number of ether oxygens (including phenoxy) is 2. The van der Waals surface area contributed by atoms with Crippen LogP contribution in [0, 0.1) is 3.70 Å². The summed E-state index contributed by atoms with van der Waals surface area (Å²) in [5, 5.41) is 0. The molecule has 1 atom stereocenters. The van der Waals surface area contributed by atoms with Crippen LogP contribution < -0.4 is 0 Å². The molecule has 1 aliphatic heterocycles. The van der Waals surface area contributed by atoms with E-state index in [1.165, 1.54) is 0 Å². The Morgan fingerprint density at radius 3 is 2.69 bits per heavy atom. The van der Waals surface area contributed by atoms with Gasteiger partial charge in [-0.15, -0.1) is 0 Å². The SMILES string of the molecule is CC(C)(C)OC(=O)N1CCCC1c1ncc(I)n1COCC[Si](C)(C)C. The van der Waals surface area contributed by atoms with Gasteiger partial charge >= 0.3 is 6.09 Å². The average Bonchev–Trinajstić information content (AvgIpc) is 3.07. The fourth-order valence-corrected chi connectivity index (χ4v) is 4.15. The standard InChI is InChI=1S/C18H32IN3O3Si/c1-18(2,3)25-17(23)21-9-7-8-14(21)16-20-12-15(19)22(16)13-24-10-11-26(4,5)6/h12,14H,7-11,13H2,1-6H3. The molecule has 0 aliphatic carbocycles. The Kier molecular flexibility index (Phi) is 7.17. The summed E-state index contributed by atoms with van der Waals surface area (Å²) in [5.41, 5.74) is -0.492. The number of carbonyl (C=O) groups is 1. The molecule has 0 bridgehead atoms. The lowest BCUT2D eigenvalue weighted by atomic mass is 10.2. The molecule has 1 saturated heterocycles. The second-order valence-corrected chi connectivity index (χ2v) is 15.8. The molecule has 0 N–H and O–H groups in total. The number of halogens is 1. The number of amides is 1. The molecule has 1 fully saturated rings. The van der Waals surface area contributed by atoms with Crippen LogP contribution in [0.4, 0.5) is 4.79 Å². The predicted octanol–water partition coefficient (Wildman–Crippen LogP) is 4.87. The largest absolute Gasteiger partial charge is 0.444 e. The molecule has 8 heteroatoms. The van der Waals surface area contributed by atoms with Gasteiger partial charge in [0.25, 0.3) is 0 Å². The predicted molar refractivity (Wildman–Crippen MR) is 114 cm³/mol. The van der Waals surface area contributed by atoms with Gasteiger partial charge in [-0.1, -0.05) is 19.6 Å². The maximum Gasteiger partial charge on any atom is 0.410 e. The summed E-state index contributed by atoms with van der Waals surface area (Å²) in [6.07, 6.45) is 3.46. The highest BCUT2D eigenvalue weighted by atomic mass is 127. The summed E-state index contributed by atoms with van der Waals surface area (Å²) in [5.74, 6) is 0.894. The lowest BCUT2D eigenvalue weighted by molar-refractivity contribution is 0.0203. The lowest BCUT2D eigenvalue weighted by Gasteiger charge is -2.28. The van der Waals surface area contributed by atoms with Gasteiger partial charge < -0.3 is 9.47 Å². The Labute approximate surface area is 171 Å². The fourth-order valence-electron chi connectivity index (χ4n) is 2.87. The summed E-state index contributed by atoms with van der Waals surface area (Å²) in [6.45, 7) is 14.7. The Morgan fingerprint density at radius 2 is 2.08 bits per heavy atom. The minimum absolute atomic E-state index is 0.0473. The van der Waals surface area contributed by atoms with Gasteiger partial charge in [0, 0.05) is 21.2 Å². The molecular formula is C18H32IN3O3Si. The van der Waals surface area contributed by atoms with Crippen molar-refractivity contribution in [3.63, 3.8) is 0 Å². The van der Waals surface area contributed by atoms with Crippen molar-refractivity contribution >= 4 is 36.8 Å². The van der Waals surface area contributed by atoms with E-state index in [9.17, 15) is 4.79 Å². The summed E-state index contributed by atoms with van der Waals surface area (Å²) in [6, 6.07) is 1.09. The van der Waals surface area contributed by atoms with E-state index in [0.717, 1.165) is 35.0 Å². The Balaban J connectivity index is 2.07. The van der Waals surface area contributed by atoms with Crippen LogP contribution in [0.1, 0.15) is 45.5 Å². The van der Waals surface area contributed by atoms with Gasteiger partial charge in [0.05, 0.1) is 12.2 Å². The molecule has 6 nitrogen and oxygen atoms in total. The number of likely N-dealkylation sites (tertiary alicyclic amines) is 1. The minimum atomic E-state index is -1.10. The molecule has 0 aromatic carbocycles. The van der Waals surface area contributed by atoms with E-state index in [1.807, 2.05) is 31.9 Å². The van der Waals surface area contributed by atoms with Gasteiger partial charge in [0.15, 0.2) is 0 Å². The van der Waals surface area contributed by atoms with Crippen LogP contribution in [-0.2, 0) is 16.2 Å². The van der Waals surface area contributed by atoms with Crippen LogP contribution in [0.5, 0.6) is 0 Å². The number of nitrogens with zero attached hydrogens (tertiary/aromatic N) is 3. The lowest BCUT2D eigenvalue weighted by Crippen LogP contribution is -2.37. The molecule has 2 heterocycles. The van der Waals surface area contributed by atoms with Crippen molar-refractivity contribution in [1.82, 2.24) is 14.5 Å². The summed E-state index contributed by atoms with van der Waals surface area (Å²) in [7, 11) is -1.10. The number of aromatic nitrogens is 2. The van der Waals surface area contributed by atoms with Crippen molar-refractivity contribution in [2.45, 2.75) is 77.7 Å². The molecule has 1 aromatic rings. The van der Waals surface area contributed by atoms with Gasteiger partial charge in [-0.3, -0.25) is 9.47 Å². The van der Waals surface area contributed by atoms with Crippen molar-refractivity contribution < 1.29 is 14.3 Å². The molecule has 1 aromatic heterocycles. The van der Waals surface area contributed by atoms with E-state index in [0.29, 0.717) is 13.3 Å². The quantitative estimate of drug-likeness (QED) is 0.322. The third-order valence-electron chi connectivity index (χ3n) is 4.23. The highest BCUT2D eigenvalue weighted by Crippen LogP contribution is 2.33. The molecule has 148 valence electrons. The Hall–Kier alpha value is -0.613. The van der Waals surface area contributed by atoms with E-state index < -0.39 is 13.7 Å². The molecule has 1 amide bonds. The van der Waals surface area contributed by atoms with Crippen LogP contribution >= 0.6 is 22.6 Å². The zero-order valence-corrected chi connectivity index (χ0v) is 20.0. The monoisotopic (exact) mass is 493 g/mol. The van der Waals surface area contributed by atoms with Crippen LogP contribution in [-0.4, -0.2) is 47.4 Å². The number of carbonyl (C=O) groups excluding carboxylic acids is 1. The summed E-state index contributed by atoms with van der Waals surface area (Å²) >= 11 is 2.28. The van der Waals surface area contributed by atoms with Crippen molar-refractivity contribution in [2.75, 3.05) is 13.2 Å². The van der Waals surface area contributed by atoms with Crippen LogP contribution in [0.15, 0.2) is 6.20 Å². The smallest absolute Gasteiger partial charge is 0.410 e. The summed E-state index contributed by atoms with van der Waals surface area (Å²) < 4.78 is 14.6. The molecule has 0 saturated carbocycles. The van der Waals surface area contributed by atoms with E-state index in [1.54, 1.807) is 0 Å². The molecule has 1 aliphatic rings. The van der Waals surface area contributed by atoms with Crippen molar-refractivity contribution in [3.05, 3.63) is 15.7 Å². The van der Waals surface area contributed by atoms with Crippen LogP contribution in [0.3, 0.4) is 0 Å². The van der Waals surface area contributed by atoms with Crippen LogP contribution in [0.25, 0.3) is 0 Å². The van der Waals surface area contributed by atoms with Gasteiger partial charge in [-0.2, -0.15) is 0 Å². The Morgan fingerprint density at radius 1 is 1.38 bits per heavy atom. The Bertz CT molecular complexity index is 622. The topological polar surface area (TPSA) is 56.6 Å². The minimum Gasteiger partial charge on any atom is -0.444 e. The normalized spacial score (nSPS) is 18.4. The van der Waals surface area contributed by atoms with Crippen molar-refractivity contribution in [3.8, 4) is 0 Å². The first-order valence-electron chi connectivity index (χ1n) is 9.26. The maximum absolute atomic E-state index is 12.6. The number of hydrogen-bond acceptors (Lipinski definition) is 4. The zero-order valence-electron chi connectivity index (χ0n) is 16.8. The fraction of sp³-hybridized carbons (Fsp3) is 0.778. The molecular weight excluding hydrogens is 461 g/mol. The molecule has 26 heavy (non-hydrogen) atoms. The second kappa shape index (κ2) is 8.60. The molecule has 0 radical (unpaired) electrons. The van der Waals surface area contributed by atoms with Crippen molar-refractivity contribution in [2.24, 2.45) is 0 Å². The van der Waals surface area contributed by atoms with Crippen molar-refractivity contribution in [1.29, 1.82) is 0 Å². The van der Waals surface area contributed by atoms with Gasteiger partial charge in [-0.05, 0) is 62.2 Å². The van der Waals surface area contributed by atoms with Gasteiger partial charge in [0.1, 0.15) is 21.9 Å². The number of hydrogen-bond donors (Lipinski definition) is 0. The van der Waals surface area contributed by atoms with E-state index in [-0.39, 0.29) is 12.1 Å². The second-order valence-electron chi connectivity index (χ2n) is 9.05. The average molecular weight is 493 g/mol.